The molecule has 1 aromatic heterocycles. The van der Waals surface area contributed by atoms with Crippen molar-refractivity contribution in [2.45, 2.75) is 57.2 Å². The largest absolute Gasteiger partial charge is 0.469 e. The summed E-state index contributed by atoms with van der Waals surface area (Å²) in [7, 11) is 1.41. The van der Waals surface area contributed by atoms with Gasteiger partial charge in [-0.05, 0) is 43.2 Å². The Labute approximate surface area is 180 Å². The minimum Gasteiger partial charge on any atom is -0.469 e. The summed E-state index contributed by atoms with van der Waals surface area (Å²) in [6.45, 7) is 0.428. The van der Waals surface area contributed by atoms with Gasteiger partial charge in [-0.25, -0.2) is 4.98 Å². The van der Waals surface area contributed by atoms with Crippen molar-refractivity contribution in [1.29, 1.82) is 0 Å². The Balaban J connectivity index is 1.41. The molecule has 0 radical (unpaired) electrons. The number of esters is 1. The average molecular weight is 425 g/mol. The topological polar surface area (TPSA) is 117 Å². The van der Waals surface area contributed by atoms with E-state index in [0.717, 1.165) is 24.0 Å². The van der Waals surface area contributed by atoms with E-state index in [1.54, 1.807) is 4.90 Å². The van der Waals surface area contributed by atoms with Crippen molar-refractivity contribution < 1.29 is 19.1 Å². The maximum atomic E-state index is 13.0. The second kappa shape index (κ2) is 9.28. The molecule has 1 aromatic carbocycles. The number of ether oxygens (including phenoxy) is 1. The third kappa shape index (κ3) is 4.76. The maximum Gasteiger partial charge on any atom is 0.308 e. The first-order valence-electron chi connectivity index (χ1n) is 10.7. The zero-order valence-corrected chi connectivity index (χ0v) is 17.5. The summed E-state index contributed by atoms with van der Waals surface area (Å²) in [5.41, 5.74) is 2.23. The van der Waals surface area contributed by atoms with Crippen LogP contribution in [-0.2, 0) is 27.3 Å². The number of hydrogen-bond acceptors (Lipinski definition) is 6. The Bertz CT molecular complexity index is 937. The number of nitrogens with one attached hydrogen (secondary N) is 2. The van der Waals surface area contributed by atoms with Crippen LogP contribution < -0.4 is 5.32 Å². The van der Waals surface area contributed by atoms with Crippen molar-refractivity contribution in [2.24, 2.45) is 5.92 Å². The fourth-order valence-corrected chi connectivity index (χ4v) is 4.59. The monoisotopic (exact) mass is 425 g/mol. The molecule has 1 aliphatic carbocycles. The Morgan fingerprint density at radius 1 is 1.16 bits per heavy atom. The van der Waals surface area contributed by atoms with Gasteiger partial charge < -0.3 is 15.0 Å². The minimum atomic E-state index is -0.265. The van der Waals surface area contributed by atoms with E-state index in [9.17, 15) is 14.4 Å². The lowest BCUT2D eigenvalue weighted by atomic mass is 9.86. The van der Waals surface area contributed by atoms with Gasteiger partial charge in [0.2, 0.25) is 11.7 Å². The number of H-pyrrole nitrogens is 1. The first-order valence-corrected chi connectivity index (χ1v) is 10.7. The molecule has 1 aliphatic heterocycles. The second-order valence-electron chi connectivity index (χ2n) is 8.24. The molecule has 2 aromatic rings. The first kappa shape index (κ1) is 21.0. The molecule has 2 aliphatic rings. The first-order chi connectivity index (χ1) is 15.0. The predicted molar refractivity (Wildman–Crippen MR) is 111 cm³/mol. The molecule has 9 nitrogen and oxygen atoms in total. The number of fused-ring (bicyclic) bond motifs is 1. The number of amides is 2. The van der Waals surface area contributed by atoms with Crippen LogP contribution in [0.1, 0.15) is 53.8 Å². The van der Waals surface area contributed by atoms with E-state index in [1.165, 1.54) is 13.4 Å². The number of methoxy groups -OCH3 is 1. The van der Waals surface area contributed by atoms with E-state index in [-0.39, 0.29) is 48.0 Å². The fourth-order valence-electron chi connectivity index (χ4n) is 4.59. The van der Waals surface area contributed by atoms with Gasteiger partial charge in [0, 0.05) is 25.0 Å². The van der Waals surface area contributed by atoms with Gasteiger partial charge in [-0.2, -0.15) is 5.10 Å². The van der Waals surface area contributed by atoms with Gasteiger partial charge in [0.05, 0.1) is 13.0 Å². The summed E-state index contributed by atoms with van der Waals surface area (Å²) in [5, 5.41) is 9.50. The third-order valence-electron chi connectivity index (χ3n) is 6.28. The van der Waals surface area contributed by atoms with Gasteiger partial charge in [0.15, 0.2) is 0 Å². The highest BCUT2D eigenvalue weighted by molar-refractivity contribution is 5.91. The number of aromatic nitrogens is 3. The van der Waals surface area contributed by atoms with E-state index < -0.39 is 0 Å². The molecule has 0 spiro atoms. The van der Waals surface area contributed by atoms with Crippen molar-refractivity contribution in [2.75, 3.05) is 7.11 Å². The summed E-state index contributed by atoms with van der Waals surface area (Å²) >= 11 is 0. The Kier molecular flexibility index (Phi) is 6.29. The molecule has 1 atom stereocenters. The van der Waals surface area contributed by atoms with E-state index in [1.807, 2.05) is 24.3 Å². The molecular formula is C22H27N5O4. The SMILES string of the molecule is COC(=O)C1CCC(NC(=O)CC2Cc3ccccc3CN2C(=O)c2ncn[nH]2)CC1. The van der Waals surface area contributed by atoms with Gasteiger partial charge in [-0.3, -0.25) is 19.5 Å². The van der Waals surface area contributed by atoms with E-state index in [4.69, 9.17) is 4.74 Å². The number of aromatic amines is 1. The molecule has 2 N–H and O–H groups in total. The molecule has 1 fully saturated rings. The van der Waals surface area contributed by atoms with E-state index >= 15 is 0 Å². The zero-order chi connectivity index (χ0) is 21.8. The molecule has 4 rings (SSSR count). The molecule has 0 saturated heterocycles. The molecule has 1 saturated carbocycles. The second-order valence-corrected chi connectivity index (χ2v) is 8.24. The van der Waals surface area contributed by atoms with Gasteiger partial charge >= 0.3 is 5.97 Å². The lowest BCUT2D eigenvalue weighted by molar-refractivity contribution is -0.146. The van der Waals surface area contributed by atoms with Crippen LogP contribution in [0, 0.1) is 5.92 Å². The molecule has 2 heterocycles. The highest BCUT2D eigenvalue weighted by atomic mass is 16.5. The lowest BCUT2D eigenvalue weighted by Crippen LogP contribution is -2.48. The quantitative estimate of drug-likeness (QED) is 0.703. The van der Waals surface area contributed by atoms with Crippen molar-refractivity contribution in [3.63, 3.8) is 0 Å². The summed E-state index contributed by atoms with van der Waals surface area (Å²) in [4.78, 5) is 43.2. The van der Waals surface area contributed by atoms with Crippen LogP contribution in [0.4, 0.5) is 0 Å². The van der Waals surface area contributed by atoms with Crippen LogP contribution >= 0.6 is 0 Å². The van der Waals surface area contributed by atoms with Crippen molar-refractivity contribution in [1.82, 2.24) is 25.4 Å². The Morgan fingerprint density at radius 2 is 1.90 bits per heavy atom. The zero-order valence-electron chi connectivity index (χ0n) is 17.5. The van der Waals surface area contributed by atoms with Crippen LogP contribution in [-0.4, -0.2) is 57.1 Å². The number of benzene rings is 1. The maximum absolute atomic E-state index is 13.0. The van der Waals surface area contributed by atoms with Crippen LogP contribution in [0.15, 0.2) is 30.6 Å². The number of nitrogens with zero attached hydrogens (tertiary/aromatic N) is 3. The highest BCUT2D eigenvalue weighted by Crippen LogP contribution is 2.28. The molecular weight excluding hydrogens is 398 g/mol. The van der Waals surface area contributed by atoms with Crippen LogP contribution in [0.5, 0.6) is 0 Å². The third-order valence-corrected chi connectivity index (χ3v) is 6.28. The molecule has 31 heavy (non-hydrogen) atoms. The highest BCUT2D eigenvalue weighted by Gasteiger charge is 2.34. The molecule has 1 unspecified atom stereocenters. The summed E-state index contributed by atoms with van der Waals surface area (Å²) in [5.74, 6) is -0.425. The molecule has 9 heteroatoms. The van der Waals surface area contributed by atoms with Gasteiger partial charge in [0.25, 0.3) is 5.91 Å². The Morgan fingerprint density at radius 3 is 2.58 bits per heavy atom. The fraction of sp³-hybridized carbons (Fsp3) is 0.500. The van der Waals surface area contributed by atoms with Gasteiger partial charge in [-0.1, -0.05) is 24.3 Å². The lowest BCUT2D eigenvalue weighted by Gasteiger charge is -2.36. The normalized spacial score (nSPS) is 23.0. The summed E-state index contributed by atoms with van der Waals surface area (Å²) in [6.07, 6.45) is 5.05. The van der Waals surface area contributed by atoms with Crippen molar-refractivity contribution in [3.05, 3.63) is 47.5 Å². The summed E-state index contributed by atoms with van der Waals surface area (Å²) < 4.78 is 4.82. The van der Waals surface area contributed by atoms with Crippen molar-refractivity contribution >= 4 is 17.8 Å². The smallest absolute Gasteiger partial charge is 0.308 e. The van der Waals surface area contributed by atoms with Crippen LogP contribution in [0.2, 0.25) is 0 Å². The van der Waals surface area contributed by atoms with E-state index in [0.29, 0.717) is 25.8 Å². The molecule has 2 amide bonds. The molecule has 0 bridgehead atoms. The van der Waals surface area contributed by atoms with Gasteiger partial charge in [-0.15, -0.1) is 0 Å². The number of carbonyl (C=O) groups is 3. The van der Waals surface area contributed by atoms with E-state index in [2.05, 4.69) is 20.5 Å². The van der Waals surface area contributed by atoms with Crippen LogP contribution in [0.3, 0.4) is 0 Å². The predicted octanol–water partition coefficient (Wildman–Crippen LogP) is 1.61. The number of hydrogen-bond donors (Lipinski definition) is 2. The van der Waals surface area contributed by atoms with Gasteiger partial charge in [0.1, 0.15) is 6.33 Å². The van der Waals surface area contributed by atoms with Crippen molar-refractivity contribution in [3.8, 4) is 0 Å². The Hall–Kier alpha value is -3.23. The minimum absolute atomic E-state index is 0.0442. The standard InChI is InChI=1S/C22H27N5O4/c1-31-22(30)14-6-8-17(9-7-14)25-19(28)11-18-10-15-4-2-3-5-16(15)12-27(18)21(29)20-23-13-24-26-20/h2-5,13-14,17-18H,6-12H2,1H3,(H,25,28)(H,23,24,26). The summed E-state index contributed by atoms with van der Waals surface area (Å²) in [6, 6.07) is 7.76. The number of rotatable bonds is 5. The number of carbonyl (C=O) groups excluding carboxylic acids is 3. The van der Waals surface area contributed by atoms with Crippen LogP contribution in [0.25, 0.3) is 0 Å². The molecule has 164 valence electrons. The average Bonchev–Trinajstić information content (AvgIpc) is 3.33.